The molecule has 0 unspecified atom stereocenters. The highest BCUT2D eigenvalue weighted by molar-refractivity contribution is 5.98. The molecule has 1 fully saturated rings. The summed E-state index contributed by atoms with van der Waals surface area (Å²) >= 11 is 0. The van der Waals surface area contributed by atoms with E-state index in [4.69, 9.17) is 4.84 Å². The molecule has 126 valence electrons. The first-order valence-electron chi connectivity index (χ1n) is 7.66. The van der Waals surface area contributed by atoms with Gasteiger partial charge >= 0.3 is 0 Å². The third kappa shape index (κ3) is 3.91. The Morgan fingerprint density at radius 2 is 2.13 bits per heavy atom. The van der Waals surface area contributed by atoms with E-state index >= 15 is 0 Å². The molecular formula is C16H24N4O3. The second kappa shape index (κ2) is 6.44. The van der Waals surface area contributed by atoms with Crippen molar-refractivity contribution in [3.05, 3.63) is 35.0 Å². The van der Waals surface area contributed by atoms with Gasteiger partial charge in [0.25, 0.3) is 5.91 Å². The van der Waals surface area contributed by atoms with E-state index in [9.17, 15) is 10.0 Å². The van der Waals surface area contributed by atoms with Gasteiger partial charge in [0.1, 0.15) is 0 Å². The molecule has 1 aromatic rings. The van der Waals surface area contributed by atoms with E-state index in [0.717, 1.165) is 11.3 Å². The van der Waals surface area contributed by atoms with Gasteiger partial charge in [0.2, 0.25) is 11.4 Å². The molecule has 2 rings (SSSR count). The summed E-state index contributed by atoms with van der Waals surface area (Å²) in [4.78, 5) is 19.6. The Hall–Kier alpha value is -2.31. The van der Waals surface area contributed by atoms with Gasteiger partial charge in [-0.1, -0.05) is 12.1 Å². The van der Waals surface area contributed by atoms with Crippen molar-refractivity contribution >= 4 is 11.6 Å². The standard InChI is InChI=1S/C16H24N4O3/c1-12-7-6-8-13(11-12)19-10-9-14(15(19)21)23-17-20(22)18(5)16(2,3)4/h6-8,11,14H,9-10H2,1-5H3/b20-17-/t14-/m1/s1. The summed E-state index contributed by atoms with van der Waals surface area (Å²) in [7, 11) is 1.62. The molecule has 23 heavy (non-hydrogen) atoms. The van der Waals surface area contributed by atoms with E-state index in [1.807, 2.05) is 52.0 Å². The van der Waals surface area contributed by atoms with Gasteiger partial charge in [-0.25, -0.2) is 0 Å². The third-order valence-corrected chi connectivity index (χ3v) is 3.94. The van der Waals surface area contributed by atoms with Crippen LogP contribution in [0.3, 0.4) is 0 Å². The first-order chi connectivity index (χ1) is 10.7. The van der Waals surface area contributed by atoms with Crippen LogP contribution in [0.1, 0.15) is 32.8 Å². The van der Waals surface area contributed by atoms with Crippen molar-refractivity contribution in [2.24, 2.45) is 5.28 Å². The second-order valence-corrected chi connectivity index (χ2v) is 6.74. The lowest BCUT2D eigenvalue weighted by Gasteiger charge is -2.26. The Kier molecular flexibility index (Phi) is 4.77. The van der Waals surface area contributed by atoms with Gasteiger partial charge in [0.05, 0.1) is 17.6 Å². The van der Waals surface area contributed by atoms with Crippen molar-refractivity contribution in [1.82, 2.24) is 5.01 Å². The van der Waals surface area contributed by atoms with Gasteiger partial charge in [-0.2, -0.15) is 0 Å². The average molecular weight is 320 g/mol. The Labute approximate surface area is 136 Å². The van der Waals surface area contributed by atoms with Crippen LogP contribution in [0.5, 0.6) is 0 Å². The fourth-order valence-electron chi connectivity index (χ4n) is 2.21. The minimum atomic E-state index is -0.722. The van der Waals surface area contributed by atoms with E-state index in [-0.39, 0.29) is 11.4 Å². The van der Waals surface area contributed by atoms with Crippen LogP contribution in [0.2, 0.25) is 0 Å². The minimum absolute atomic E-state index is 0.175. The lowest BCUT2D eigenvalue weighted by molar-refractivity contribution is -0.720. The Morgan fingerprint density at radius 1 is 1.43 bits per heavy atom. The summed E-state index contributed by atoms with van der Waals surface area (Å²) in [5, 5.41) is 16.8. The number of carbonyl (C=O) groups excluding carboxylic acids is 1. The molecule has 0 N–H and O–H groups in total. The molecule has 1 atom stereocenters. The maximum Gasteiger partial charge on any atom is 0.271 e. The van der Waals surface area contributed by atoms with Crippen LogP contribution in [-0.2, 0) is 9.63 Å². The Bertz CT molecular complexity index is 610. The molecule has 1 aromatic carbocycles. The van der Waals surface area contributed by atoms with Crippen molar-refractivity contribution in [1.29, 1.82) is 0 Å². The van der Waals surface area contributed by atoms with E-state index in [0.29, 0.717) is 17.9 Å². The lowest BCUT2D eigenvalue weighted by Crippen LogP contribution is -2.42. The van der Waals surface area contributed by atoms with Crippen molar-refractivity contribution in [2.45, 2.75) is 45.8 Å². The molecule has 0 radical (unpaired) electrons. The summed E-state index contributed by atoms with van der Waals surface area (Å²) in [5.41, 5.74) is 1.54. The maximum absolute atomic E-state index is 12.4. The molecule has 1 aliphatic rings. The summed E-state index contributed by atoms with van der Waals surface area (Å²) in [6, 6.07) is 7.72. The van der Waals surface area contributed by atoms with Crippen molar-refractivity contribution in [2.75, 3.05) is 18.5 Å². The highest BCUT2D eigenvalue weighted by Crippen LogP contribution is 2.24. The number of hydrogen-bond donors (Lipinski definition) is 0. The van der Waals surface area contributed by atoms with Gasteiger partial charge < -0.3 is 14.9 Å². The zero-order valence-corrected chi connectivity index (χ0v) is 14.3. The summed E-state index contributed by atoms with van der Waals surface area (Å²) in [5.74, 6) is -0.175. The van der Waals surface area contributed by atoms with Crippen LogP contribution in [0.15, 0.2) is 29.5 Å². The molecule has 1 saturated heterocycles. The van der Waals surface area contributed by atoms with Gasteiger partial charge in [0.15, 0.2) is 0 Å². The topological polar surface area (TPSA) is 71.2 Å². The molecular weight excluding hydrogens is 296 g/mol. The predicted molar refractivity (Wildman–Crippen MR) is 86.6 cm³/mol. The molecule has 0 bridgehead atoms. The number of rotatable bonds is 4. The van der Waals surface area contributed by atoms with Crippen LogP contribution in [0, 0.1) is 12.1 Å². The fraction of sp³-hybridized carbons (Fsp3) is 0.562. The van der Waals surface area contributed by atoms with Gasteiger partial charge in [-0.3, -0.25) is 4.79 Å². The van der Waals surface area contributed by atoms with Crippen molar-refractivity contribution < 1.29 is 14.6 Å². The SMILES string of the molecule is Cc1cccc(N2CC[C@@H](O/N=[N+](\[O-])N(C)C(C)(C)C)C2=O)c1. The first kappa shape index (κ1) is 17.1. The molecule has 0 saturated carbocycles. The van der Waals surface area contributed by atoms with Gasteiger partial charge in [-0.15, -0.1) is 5.01 Å². The number of aryl methyl sites for hydroxylation is 1. The van der Waals surface area contributed by atoms with Crippen LogP contribution in [0.25, 0.3) is 0 Å². The summed E-state index contributed by atoms with van der Waals surface area (Å²) < 4.78 is 0. The average Bonchev–Trinajstić information content (AvgIpc) is 2.84. The smallest absolute Gasteiger partial charge is 0.271 e. The van der Waals surface area contributed by atoms with Crippen molar-refractivity contribution in [3.63, 3.8) is 0 Å². The Balaban J connectivity index is 2.03. The molecule has 1 amide bonds. The van der Waals surface area contributed by atoms with Crippen LogP contribution in [0.4, 0.5) is 5.69 Å². The van der Waals surface area contributed by atoms with Gasteiger partial charge in [-0.05, 0) is 45.4 Å². The number of hydrogen-bond acceptors (Lipinski definition) is 4. The predicted octanol–water partition coefficient (Wildman–Crippen LogP) is 2.64. The highest BCUT2D eigenvalue weighted by atomic mass is 16.7. The monoisotopic (exact) mass is 320 g/mol. The molecule has 0 aliphatic carbocycles. The van der Waals surface area contributed by atoms with E-state index in [1.54, 1.807) is 11.9 Å². The molecule has 0 spiro atoms. The van der Waals surface area contributed by atoms with Gasteiger partial charge in [0, 0.05) is 18.7 Å². The normalized spacial score (nSPS) is 19.2. The zero-order valence-electron chi connectivity index (χ0n) is 14.3. The number of hydrazine groups is 1. The zero-order chi connectivity index (χ0) is 17.2. The second-order valence-electron chi connectivity index (χ2n) is 6.74. The molecule has 1 heterocycles. The molecule has 7 nitrogen and oxygen atoms in total. The van der Waals surface area contributed by atoms with Crippen molar-refractivity contribution in [3.8, 4) is 0 Å². The maximum atomic E-state index is 12.4. The molecule has 1 aliphatic heterocycles. The number of anilines is 1. The molecule has 0 aromatic heterocycles. The number of benzene rings is 1. The summed E-state index contributed by atoms with van der Waals surface area (Å²) in [6.07, 6.45) is -0.219. The first-order valence-corrected chi connectivity index (χ1v) is 7.66. The van der Waals surface area contributed by atoms with Crippen LogP contribution < -0.4 is 4.90 Å². The number of amides is 1. The third-order valence-electron chi connectivity index (χ3n) is 3.94. The quantitative estimate of drug-likeness (QED) is 0.486. The number of nitrogens with zero attached hydrogens (tertiary/aromatic N) is 4. The Morgan fingerprint density at radius 3 is 2.74 bits per heavy atom. The summed E-state index contributed by atoms with van der Waals surface area (Å²) in [6.45, 7) is 8.18. The largest absolute Gasteiger partial charge is 0.569 e. The lowest BCUT2D eigenvalue weighted by atomic mass is 10.1. The fourth-order valence-corrected chi connectivity index (χ4v) is 2.21. The molecule has 7 heteroatoms. The van der Waals surface area contributed by atoms with E-state index in [2.05, 4.69) is 5.28 Å². The minimum Gasteiger partial charge on any atom is -0.569 e. The van der Waals surface area contributed by atoms with E-state index < -0.39 is 6.10 Å². The van der Waals surface area contributed by atoms with Crippen LogP contribution >= 0.6 is 0 Å². The highest BCUT2D eigenvalue weighted by Gasteiger charge is 2.36. The number of carbonyl (C=O) groups is 1. The van der Waals surface area contributed by atoms with E-state index in [1.165, 1.54) is 5.01 Å². The van der Waals surface area contributed by atoms with Crippen LogP contribution in [-0.4, -0.2) is 41.1 Å².